The Balaban J connectivity index is 3.06. The van der Waals surface area contributed by atoms with Gasteiger partial charge in [0.05, 0.1) is 33.3 Å². The van der Waals surface area contributed by atoms with Crippen LogP contribution in [0, 0.1) is 0 Å². The van der Waals surface area contributed by atoms with Gasteiger partial charge in [0, 0.05) is 6.54 Å². The summed E-state index contributed by atoms with van der Waals surface area (Å²) in [6.45, 7) is 0.0924. The first-order valence-electron chi connectivity index (χ1n) is 7.15. The van der Waals surface area contributed by atoms with Crippen molar-refractivity contribution in [3.63, 3.8) is 0 Å². The van der Waals surface area contributed by atoms with Crippen LogP contribution in [0.4, 0.5) is 0 Å². The highest BCUT2D eigenvalue weighted by atomic mass is 16.5. The molecule has 0 fully saturated rings. The van der Waals surface area contributed by atoms with Gasteiger partial charge in [0.15, 0.2) is 11.5 Å². The number of benzene rings is 1. The van der Waals surface area contributed by atoms with Gasteiger partial charge in [-0.3, -0.25) is 14.9 Å². The number of carboxylic acids is 1. The van der Waals surface area contributed by atoms with Gasteiger partial charge in [0.25, 0.3) is 0 Å². The Hall–Kier alpha value is -3.03. The highest BCUT2D eigenvalue weighted by molar-refractivity contribution is 5.88. The molecule has 0 aromatic heterocycles. The first-order valence-corrected chi connectivity index (χ1v) is 7.15. The fourth-order valence-electron chi connectivity index (χ4n) is 2.21. The number of methoxy groups -OCH3 is 3. The highest BCUT2D eigenvalue weighted by Crippen LogP contribution is 2.38. The molecule has 1 atom stereocenters. The van der Waals surface area contributed by atoms with Gasteiger partial charge < -0.3 is 25.1 Å². The Bertz CT molecular complexity index is 671. The van der Waals surface area contributed by atoms with Gasteiger partial charge in [-0.15, -0.1) is 0 Å². The van der Waals surface area contributed by atoms with Crippen molar-refractivity contribution in [1.29, 1.82) is 0 Å². The molecular weight excluding hydrogens is 332 g/mol. The summed E-state index contributed by atoms with van der Waals surface area (Å²) >= 11 is 0. The van der Waals surface area contributed by atoms with E-state index in [1.807, 2.05) is 0 Å². The molecule has 0 radical (unpaired) electrons. The van der Waals surface area contributed by atoms with Crippen LogP contribution in [0.25, 0.3) is 0 Å². The van der Waals surface area contributed by atoms with E-state index in [0.717, 1.165) is 0 Å². The molecule has 0 saturated carbocycles. The van der Waals surface area contributed by atoms with Crippen molar-refractivity contribution in [3.8, 4) is 17.2 Å². The Morgan fingerprint density at radius 3 is 2.12 bits per heavy atom. The molecule has 1 amide bonds. The normalized spacial score (nSPS) is 11.2. The molecule has 1 aromatic carbocycles. The molecule has 0 aliphatic heterocycles. The van der Waals surface area contributed by atoms with Crippen LogP contribution in [0.15, 0.2) is 17.7 Å². The summed E-state index contributed by atoms with van der Waals surface area (Å²) in [4.78, 5) is 33.3. The third kappa shape index (κ3) is 5.23. The lowest BCUT2D eigenvalue weighted by Gasteiger charge is -2.17. The van der Waals surface area contributed by atoms with Gasteiger partial charge in [-0.25, -0.2) is 4.79 Å². The van der Waals surface area contributed by atoms with E-state index in [1.165, 1.54) is 27.3 Å². The average molecular weight is 352 g/mol. The minimum Gasteiger partial charge on any atom is -0.493 e. The molecule has 25 heavy (non-hydrogen) atoms. The Morgan fingerprint density at radius 1 is 1.20 bits per heavy atom. The molecule has 0 spiro atoms. The molecule has 1 rings (SSSR count). The zero-order chi connectivity index (χ0) is 19.0. The molecule has 0 unspecified atom stereocenters. The second kappa shape index (κ2) is 9.31. The van der Waals surface area contributed by atoms with Crippen LogP contribution in [0.1, 0.15) is 12.0 Å². The number of carbonyl (C=O) groups excluding carboxylic acids is 2. The van der Waals surface area contributed by atoms with Crippen molar-refractivity contribution in [2.75, 3.05) is 21.3 Å². The Morgan fingerprint density at radius 2 is 1.76 bits per heavy atom. The number of nitrogens with two attached hydrogens (primary N) is 1. The third-order valence-electron chi connectivity index (χ3n) is 3.34. The maximum absolute atomic E-state index is 11.5. The zero-order valence-electron chi connectivity index (χ0n) is 14.1. The topological polar surface area (TPSA) is 137 Å². The van der Waals surface area contributed by atoms with E-state index in [-0.39, 0.29) is 12.1 Å². The number of hydrogen-bond donors (Lipinski definition) is 3. The molecule has 0 saturated heterocycles. The summed E-state index contributed by atoms with van der Waals surface area (Å²) in [5.41, 5.74) is 5.60. The van der Waals surface area contributed by atoms with Crippen LogP contribution in [0.3, 0.4) is 0 Å². The van der Waals surface area contributed by atoms with Crippen LogP contribution in [0.2, 0.25) is 0 Å². The van der Waals surface area contributed by atoms with Crippen LogP contribution in [0.5, 0.6) is 17.2 Å². The number of rotatable bonds is 10. The summed E-state index contributed by atoms with van der Waals surface area (Å²) in [7, 11) is 4.39. The number of ether oxygens (including phenoxy) is 3. The minimum absolute atomic E-state index is 0.0924. The molecule has 0 aliphatic carbocycles. The molecule has 9 heteroatoms. The van der Waals surface area contributed by atoms with Crippen LogP contribution in [-0.4, -0.2) is 50.3 Å². The third-order valence-corrected chi connectivity index (χ3v) is 3.34. The minimum atomic E-state index is -1.26. The summed E-state index contributed by atoms with van der Waals surface area (Å²) in [6, 6.07) is 2.04. The standard InChI is InChI=1S/C16H20N2O7/c1-23-11-4-9(5-12(24-2)15(11)25-3)7-18-14(16(17)22)10(8-19)6-13(20)21/h4-5,14,18H,6-7H2,1-3H3,(H2,17,22)(H,20,21)/t14-/m0/s1. The van der Waals surface area contributed by atoms with Crippen molar-refractivity contribution in [3.05, 3.63) is 23.3 Å². The second-order valence-electron chi connectivity index (χ2n) is 4.95. The first-order chi connectivity index (χ1) is 11.9. The quantitative estimate of drug-likeness (QED) is 0.496. The molecule has 0 aliphatic rings. The number of primary amides is 1. The summed E-state index contributed by atoms with van der Waals surface area (Å²) in [5.74, 6) is 0.540. The summed E-state index contributed by atoms with van der Waals surface area (Å²) in [5, 5.41) is 11.5. The van der Waals surface area contributed by atoms with E-state index >= 15 is 0 Å². The Kier molecular flexibility index (Phi) is 7.45. The maximum atomic E-state index is 11.5. The summed E-state index contributed by atoms with van der Waals surface area (Å²) in [6.07, 6.45) is -0.640. The molecule has 1 aromatic rings. The van der Waals surface area contributed by atoms with E-state index in [4.69, 9.17) is 25.1 Å². The van der Waals surface area contributed by atoms with Crippen molar-refractivity contribution in [2.45, 2.75) is 19.0 Å². The number of carboxylic acid groups (broad SMARTS) is 1. The van der Waals surface area contributed by atoms with Crippen molar-refractivity contribution < 1.29 is 33.7 Å². The largest absolute Gasteiger partial charge is 0.493 e. The molecular formula is C16H20N2O7. The van der Waals surface area contributed by atoms with E-state index in [0.29, 0.717) is 22.8 Å². The van der Waals surface area contributed by atoms with E-state index in [9.17, 15) is 14.4 Å². The predicted octanol–water partition coefficient (Wildman–Crippen LogP) is -0.111. The molecule has 136 valence electrons. The fourth-order valence-corrected chi connectivity index (χ4v) is 2.21. The lowest BCUT2D eigenvalue weighted by molar-refractivity contribution is -0.136. The van der Waals surface area contributed by atoms with Crippen molar-refractivity contribution >= 4 is 17.8 Å². The van der Waals surface area contributed by atoms with Gasteiger partial charge in [-0.05, 0) is 17.7 Å². The van der Waals surface area contributed by atoms with Gasteiger partial charge in [0.1, 0.15) is 12.0 Å². The fraction of sp³-hybridized carbons (Fsp3) is 0.375. The number of carbonyl (C=O) groups is 2. The zero-order valence-corrected chi connectivity index (χ0v) is 14.1. The predicted molar refractivity (Wildman–Crippen MR) is 87.4 cm³/mol. The lowest BCUT2D eigenvalue weighted by atomic mass is 10.0. The van der Waals surface area contributed by atoms with Gasteiger partial charge in [-0.1, -0.05) is 0 Å². The number of aliphatic carboxylic acids is 1. The van der Waals surface area contributed by atoms with E-state index in [1.54, 1.807) is 12.1 Å². The molecule has 0 bridgehead atoms. The van der Waals surface area contributed by atoms with Gasteiger partial charge >= 0.3 is 5.97 Å². The van der Waals surface area contributed by atoms with E-state index < -0.39 is 24.3 Å². The van der Waals surface area contributed by atoms with Gasteiger partial charge in [0.2, 0.25) is 11.7 Å². The SMILES string of the molecule is COc1cc(CN[C@H](C(N)=O)C(=C=O)CC(=O)O)cc(OC)c1OC. The Labute approximate surface area is 144 Å². The second-order valence-corrected chi connectivity index (χ2v) is 4.95. The maximum Gasteiger partial charge on any atom is 0.308 e. The number of hydrogen-bond acceptors (Lipinski definition) is 7. The van der Waals surface area contributed by atoms with Gasteiger partial charge in [-0.2, -0.15) is 0 Å². The number of nitrogens with one attached hydrogen (secondary N) is 1. The average Bonchev–Trinajstić information content (AvgIpc) is 2.58. The molecule has 9 nitrogen and oxygen atoms in total. The van der Waals surface area contributed by atoms with Crippen LogP contribution in [-0.2, 0) is 20.9 Å². The first kappa shape index (κ1) is 20.0. The van der Waals surface area contributed by atoms with Crippen molar-refractivity contribution in [2.24, 2.45) is 5.73 Å². The number of amides is 1. The monoisotopic (exact) mass is 352 g/mol. The molecule has 0 heterocycles. The highest BCUT2D eigenvalue weighted by Gasteiger charge is 2.23. The molecule has 4 N–H and O–H groups in total. The summed E-state index contributed by atoms with van der Waals surface area (Å²) < 4.78 is 15.7. The van der Waals surface area contributed by atoms with Crippen LogP contribution < -0.4 is 25.3 Å². The lowest BCUT2D eigenvalue weighted by Crippen LogP contribution is -2.43. The van der Waals surface area contributed by atoms with Crippen LogP contribution >= 0.6 is 0 Å². The smallest absolute Gasteiger partial charge is 0.308 e. The van der Waals surface area contributed by atoms with E-state index in [2.05, 4.69) is 5.32 Å². The van der Waals surface area contributed by atoms with Crippen molar-refractivity contribution in [1.82, 2.24) is 5.32 Å².